The number of cyclic esters (lactones) is 1. The number of ether oxygens (including phenoxy) is 2. The monoisotopic (exact) mass is 234 g/mol. The highest BCUT2D eigenvalue weighted by Crippen LogP contribution is 2.42. The van der Waals surface area contributed by atoms with Crippen LogP contribution in [-0.2, 0) is 19.1 Å². The van der Waals surface area contributed by atoms with Crippen LogP contribution in [0, 0.1) is 5.41 Å². The summed E-state index contributed by atoms with van der Waals surface area (Å²) >= 11 is 0. The molecule has 0 spiro atoms. The summed E-state index contributed by atoms with van der Waals surface area (Å²) in [5.74, 6) is -1.06. The van der Waals surface area contributed by atoms with E-state index in [1.54, 1.807) is 6.92 Å². The van der Waals surface area contributed by atoms with Crippen molar-refractivity contribution in [1.29, 1.82) is 0 Å². The number of hydrogen-bond donors (Lipinski definition) is 0. The molecule has 1 saturated heterocycles. The summed E-state index contributed by atoms with van der Waals surface area (Å²) in [6.07, 6.45) is -0.0458. The highest BCUT2D eigenvalue weighted by Gasteiger charge is 2.52. The quantitative estimate of drug-likeness (QED) is 0.579. The molecule has 0 aliphatic carbocycles. The van der Waals surface area contributed by atoms with Crippen LogP contribution in [0.5, 0.6) is 0 Å². The molecule has 1 aliphatic rings. The molecular weight excluding hydrogens is 220 g/mol. The molecule has 0 amide bonds. The van der Waals surface area contributed by atoms with Gasteiger partial charge < -0.3 is 9.47 Å². The van der Waals surface area contributed by atoms with Crippen LogP contribution in [0.3, 0.4) is 0 Å². The molecule has 1 heterocycles. The first-order chi connectivity index (χ1) is 8.08. The van der Waals surface area contributed by atoms with Gasteiger partial charge in [-0.25, -0.2) is 0 Å². The number of esters is 2. The van der Waals surface area contributed by atoms with Crippen LogP contribution in [0.1, 0.15) is 25.0 Å². The highest BCUT2D eigenvalue weighted by atomic mass is 16.6. The van der Waals surface area contributed by atoms with E-state index in [1.165, 1.54) is 7.11 Å². The highest BCUT2D eigenvalue weighted by molar-refractivity contribution is 6.00. The standard InChI is InChI=1S/C13H14O4/c1-13(11(14)16-2)8-10(17-12(13)15)9-6-4-3-5-7-9/h3-7,10H,8H2,1-2H3/t10-,13-/m0/s1. The maximum atomic E-state index is 11.8. The summed E-state index contributed by atoms with van der Waals surface area (Å²) < 4.78 is 9.90. The largest absolute Gasteiger partial charge is 0.468 e. The lowest BCUT2D eigenvalue weighted by molar-refractivity contribution is -0.162. The van der Waals surface area contributed by atoms with Crippen molar-refractivity contribution in [3.8, 4) is 0 Å². The Morgan fingerprint density at radius 3 is 2.65 bits per heavy atom. The molecule has 2 atom stereocenters. The minimum atomic E-state index is -1.19. The zero-order chi connectivity index (χ0) is 12.5. The van der Waals surface area contributed by atoms with E-state index in [-0.39, 0.29) is 6.10 Å². The first-order valence-electron chi connectivity index (χ1n) is 5.42. The fraction of sp³-hybridized carbons (Fsp3) is 0.385. The van der Waals surface area contributed by atoms with E-state index in [0.29, 0.717) is 6.42 Å². The molecule has 0 saturated carbocycles. The number of carbonyl (C=O) groups excluding carboxylic acids is 2. The second-order valence-electron chi connectivity index (χ2n) is 4.33. The fourth-order valence-electron chi connectivity index (χ4n) is 2.00. The SMILES string of the molecule is COC(=O)[C@]1(C)C[C@@H](c2ccccc2)OC1=O. The second-order valence-corrected chi connectivity index (χ2v) is 4.33. The average Bonchev–Trinajstić information content (AvgIpc) is 2.67. The Morgan fingerprint density at radius 2 is 2.06 bits per heavy atom. The van der Waals surface area contributed by atoms with Gasteiger partial charge in [0.15, 0.2) is 5.41 Å². The Kier molecular flexibility index (Phi) is 2.88. The molecule has 4 heteroatoms. The zero-order valence-electron chi connectivity index (χ0n) is 9.80. The van der Waals surface area contributed by atoms with Crippen LogP contribution < -0.4 is 0 Å². The summed E-state index contributed by atoms with van der Waals surface area (Å²) in [7, 11) is 1.27. The predicted molar refractivity (Wildman–Crippen MR) is 60.0 cm³/mol. The van der Waals surface area contributed by atoms with Crippen LogP contribution >= 0.6 is 0 Å². The Balaban J connectivity index is 2.23. The summed E-state index contributed by atoms with van der Waals surface area (Å²) in [6.45, 7) is 1.56. The lowest BCUT2D eigenvalue weighted by atomic mass is 9.86. The molecule has 4 nitrogen and oxygen atoms in total. The Hall–Kier alpha value is -1.84. The van der Waals surface area contributed by atoms with Gasteiger partial charge in [0.05, 0.1) is 7.11 Å². The molecule has 1 aromatic rings. The van der Waals surface area contributed by atoms with E-state index < -0.39 is 17.4 Å². The van der Waals surface area contributed by atoms with Gasteiger partial charge in [0.25, 0.3) is 0 Å². The molecule has 0 unspecified atom stereocenters. The van der Waals surface area contributed by atoms with Crippen molar-refractivity contribution in [2.24, 2.45) is 5.41 Å². The summed E-state index contributed by atoms with van der Waals surface area (Å²) in [4.78, 5) is 23.4. The average molecular weight is 234 g/mol. The molecule has 17 heavy (non-hydrogen) atoms. The number of hydrogen-bond acceptors (Lipinski definition) is 4. The van der Waals surface area contributed by atoms with E-state index >= 15 is 0 Å². The number of methoxy groups -OCH3 is 1. The third-order valence-electron chi connectivity index (χ3n) is 3.10. The zero-order valence-corrected chi connectivity index (χ0v) is 9.80. The molecule has 1 aromatic carbocycles. The van der Waals surface area contributed by atoms with Gasteiger partial charge in [0.2, 0.25) is 0 Å². The van der Waals surface area contributed by atoms with Crippen molar-refractivity contribution < 1.29 is 19.1 Å². The van der Waals surface area contributed by atoms with Crippen LogP contribution in [-0.4, -0.2) is 19.0 Å². The Bertz CT molecular complexity index is 440. The smallest absolute Gasteiger partial charge is 0.323 e. The molecule has 1 fully saturated rings. The lowest BCUT2D eigenvalue weighted by Gasteiger charge is -2.15. The number of benzene rings is 1. The molecule has 90 valence electrons. The van der Waals surface area contributed by atoms with E-state index in [1.807, 2.05) is 30.3 Å². The summed E-state index contributed by atoms with van der Waals surface area (Å²) in [5, 5.41) is 0. The summed E-state index contributed by atoms with van der Waals surface area (Å²) in [5.41, 5.74) is -0.289. The van der Waals surface area contributed by atoms with Gasteiger partial charge in [-0.05, 0) is 12.5 Å². The first-order valence-corrected chi connectivity index (χ1v) is 5.42. The number of rotatable bonds is 2. The number of carbonyl (C=O) groups is 2. The molecule has 0 radical (unpaired) electrons. The van der Waals surface area contributed by atoms with E-state index in [0.717, 1.165) is 5.56 Å². The van der Waals surface area contributed by atoms with Crippen LogP contribution in [0.15, 0.2) is 30.3 Å². The van der Waals surface area contributed by atoms with E-state index in [4.69, 9.17) is 4.74 Å². The van der Waals surface area contributed by atoms with Crippen LogP contribution in [0.2, 0.25) is 0 Å². The lowest BCUT2D eigenvalue weighted by Crippen LogP contribution is -2.33. The van der Waals surface area contributed by atoms with Crippen molar-refractivity contribution >= 4 is 11.9 Å². The molecule has 0 bridgehead atoms. The maximum absolute atomic E-state index is 11.8. The molecule has 1 aliphatic heterocycles. The van der Waals surface area contributed by atoms with Gasteiger partial charge in [-0.2, -0.15) is 0 Å². The third kappa shape index (κ3) is 1.90. The van der Waals surface area contributed by atoms with Gasteiger partial charge in [-0.15, -0.1) is 0 Å². The van der Waals surface area contributed by atoms with Gasteiger partial charge in [-0.1, -0.05) is 30.3 Å². The Morgan fingerprint density at radius 1 is 1.41 bits per heavy atom. The van der Waals surface area contributed by atoms with Crippen molar-refractivity contribution in [2.45, 2.75) is 19.4 Å². The van der Waals surface area contributed by atoms with E-state index in [9.17, 15) is 9.59 Å². The van der Waals surface area contributed by atoms with Gasteiger partial charge in [0, 0.05) is 6.42 Å². The normalized spacial score (nSPS) is 27.6. The van der Waals surface area contributed by atoms with E-state index in [2.05, 4.69) is 4.74 Å². The predicted octanol–water partition coefficient (Wildman–Crippen LogP) is 1.85. The fourth-order valence-corrected chi connectivity index (χ4v) is 2.00. The molecule has 0 aromatic heterocycles. The van der Waals surface area contributed by atoms with Crippen molar-refractivity contribution in [2.75, 3.05) is 7.11 Å². The summed E-state index contributed by atoms with van der Waals surface area (Å²) in [6, 6.07) is 9.38. The molecular formula is C13H14O4. The Labute approximate surface area is 99.5 Å². The van der Waals surface area contributed by atoms with Gasteiger partial charge >= 0.3 is 11.9 Å². The van der Waals surface area contributed by atoms with Crippen molar-refractivity contribution in [1.82, 2.24) is 0 Å². The minimum Gasteiger partial charge on any atom is -0.468 e. The molecule has 0 N–H and O–H groups in total. The molecule has 2 rings (SSSR count). The van der Waals surface area contributed by atoms with Crippen LogP contribution in [0.25, 0.3) is 0 Å². The third-order valence-corrected chi connectivity index (χ3v) is 3.10. The van der Waals surface area contributed by atoms with Gasteiger partial charge in [0.1, 0.15) is 6.10 Å². The minimum absolute atomic E-state index is 0.322. The van der Waals surface area contributed by atoms with Crippen molar-refractivity contribution in [3.05, 3.63) is 35.9 Å². The van der Waals surface area contributed by atoms with Crippen molar-refractivity contribution in [3.63, 3.8) is 0 Å². The van der Waals surface area contributed by atoms with Crippen LogP contribution in [0.4, 0.5) is 0 Å². The first kappa shape index (κ1) is 11.6. The maximum Gasteiger partial charge on any atom is 0.323 e. The topological polar surface area (TPSA) is 52.6 Å². The van der Waals surface area contributed by atoms with Gasteiger partial charge in [-0.3, -0.25) is 9.59 Å². The second kappa shape index (κ2) is 4.20.